The summed E-state index contributed by atoms with van der Waals surface area (Å²) in [5.41, 5.74) is 0. The van der Waals surface area contributed by atoms with Gasteiger partial charge in [0.15, 0.2) is 11.5 Å². The van der Waals surface area contributed by atoms with Gasteiger partial charge in [-0.3, -0.25) is 0 Å². The van der Waals surface area contributed by atoms with Crippen LogP contribution in [-0.4, -0.2) is 33.9 Å². The van der Waals surface area contributed by atoms with Crippen molar-refractivity contribution in [2.45, 2.75) is 26.7 Å². The van der Waals surface area contributed by atoms with Crippen LogP contribution in [0.4, 0.5) is 0 Å². The van der Waals surface area contributed by atoms with E-state index in [1.165, 1.54) is 0 Å². The van der Waals surface area contributed by atoms with Gasteiger partial charge in [0.2, 0.25) is 5.75 Å². The molecule has 0 saturated carbocycles. The Labute approximate surface area is 122 Å². The molecule has 0 fully saturated rings. The number of nitrogens with one attached hydrogen (secondary N) is 1. The van der Waals surface area contributed by atoms with Gasteiger partial charge in [-0.2, -0.15) is 0 Å². The zero-order chi connectivity index (χ0) is 14.8. The summed E-state index contributed by atoms with van der Waals surface area (Å²) in [6.45, 7) is 7.19. The van der Waals surface area contributed by atoms with Crippen molar-refractivity contribution < 1.29 is 14.2 Å². The summed E-state index contributed by atoms with van der Waals surface area (Å²) in [7, 11) is 3.27. The van der Waals surface area contributed by atoms with Crippen molar-refractivity contribution in [3.63, 3.8) is 0 Å². The van der Waals surface area contributed by atoms with Crippen LogP contribution >= 0.6 is 0 Å². The number of benzene rings is 1. The number of para-hydroxylation sites is 1. The van der Waals surface area contributed by atoms with E-state index in [9.17, 15) is 0 Å². The van der Waals surface area contributed by atoms with Gasteiger partial charge in [-0.05, 0) is 44.0 Å². The highest BCUT2D eigenvalue weighted by Crippen LogP contribution is 2.36. The summed E-state index contributed by atoms with van der Waals surface area (Å²) in [5, 5.41) is 3.42. The third kappa shape index (κ3) is 5.70. The molecule has 0 aliphatic heterocycles. The lowest BCUT2D eigenvalue weighted by Gasteiger charge is -2.14. The number of unbranched alkanes of at least 4 members (excludes halogenated alkanes) is 1. The average molecular weight is 281 g/mol. The lowest BCUT2D eigenvalue weighted by molar-refractivity contribution is 0.268. The van der Waals surface area contributed by atoms with E-state index >= 15 is 0 Å². The Kier molecular flexibility index (Phi) is 7.88. The van der Waals surface area contributed by atoms with E-state index in [4.69, 9.17) is 14.2 Å². The predicted octanol–water partition coefficient (Wildman–Crippen LogP) is 3.11. The molecule has 1 aromatic rings. The number of rotatable bonds is 10. The Morgan fingerprint density at radius 3 is 2.25 bits per heavy atom. The smallest absolute Gasteiger partial charge is 0.203 e. The van der Waals surface area contributed by atoms with Crippen LogP contribution in [0.2, 0.25) is 0 Å². The van der Waals surface area contributed by atoms with Crippen molar-refractivity contribution in [3.05, 3.63) is 18.2 Å². The van der Waals surface area contributed by atoms with Crippen LogP contribution in [0.15, 0.2) is 18.2 Å². The summed E-state index contributed by atoms with van der Waals surface area (Å²) in [5.74, 6) is 2.81. The van der Waals surface area contributed by atoms with E-state index in [0.717, 1.165) is 25.9 Å². The highest BCUT2D eigenvalue weighted by atomic mass is 16.5. The van der Waals surface area contributed by atoms with Gasteiger partial charge in [0.1, 0.15) is 0 Å². The third-order valence-electron chi connectivity index (χ3n) is 2.93. The van der Waals surface area contributed by atoms with Crippen LogP contribution < -0.4 is 19.5 Å². The second-order valence-electron chi connectivity index (χ2n) is 5.15. The minimum Gasteiger partial charge on any atom is -0.493 e. The fraction of sp³-hybridized carbons (Fsp3) is 0.625. The molecular weight excluding hydrogens is 254 g/mol. The topological polar surface area (TPSA) is 39.7 Å². The highest BCUT2D eigenvalue weighted by molar-refractivity contribution is 5.51. The largest absolute Gasteiger partial charge is 0.493 e. The average Bonchev–Trinajstić information content (AvgIpc) is 2.45. The van der Waals surface area contributed by atoms with Gasteiger partial charge in [-0.1, -0.05) is 19.9 Å². The Morgan fingerprint density at radius 1 is 1.05 bits per heavy atom. The molecular formula is C16H27NO3. The van der Waals surface area contributed by atoms with E-state index in [-0.39, 0.29) is 0 Å². The molecule has 0 heterocycles. The maximum atomic E-state index is 5.80. The minimum atomic E-state index is 0.667. The molecule has 0 spiro atoms. The first-order chi connectivity index (χ1) is 9.69. The van der Waals surface area contributed by atoms with E-state index in [1.807, 2.05) is 18.2 Å². The van der Waals surface area contributed by atoms with Crippen molar-refractivity contribution in [3.8, 4) is 17.2 Å². The quantitative estimate of drug-likeness (QED) is 0.669. The lowest BCUT2D eigenvalue weighted by Crippen LogP contribution is -2.21. The molecule has 0 bridgehead atoms. The number of methoxy groups -OCH3 is 2. The molecule has 0 aromatic heterocycles. The van der Waals surface area contributed by atoms with Gasteiger partial charge in [0.05, 0.1) is 20.8 Å². The first-order valence-electron chi connectivity index (χ1n) is 7.23. The molecule has 4 nitrogen and oxygen atoms in total. The summed E-state index contributed by atoms with van der Waals surface area (Å²) < 4.78 is 16.4. The lowest BCUT2D eigenvalue weighted by atomic mass is 10.2. The highest BCUT2D eigenvalue weighted by Gasteiger charge is 2.10. The zero-order valence-electron chi connectivity index (χ0n) is 13.1. The molecule has 0 aliphatic carbocycles. The summed E-state index contributed by atoms with van der Waals surface area (Å²) >= 11 is 0. The predicted molar refractivity (Wildman–Crippen MR) is 82.0 cm³/mol. The first kappa shape index (κ1) is 16.6. The third-order valence-corrected chi connectivity index (χ3v) is 2.93. The maximum absolute atomic E-state index is 5.80. The van der Waals surface area contributed by atoms with Crippen LogP contribution in [0.3, 0.4) is 0 Å². The minimum absolute atomic E-state index is 0.667. The molecule has 4 heteroatoms. The Balaban J connectivity index is 2.31. The molecule has 0 aliphatic rings. The molecule has 0 atom stereocenters. The van der Waals surface area contributed by atoms with Crippen molar-refractivity contribution in [2.24, 2.45) is 5.92 Å². The molecule has 20 heavy (non-hydrogen) atoms. The molecule has 0 saturated heterocycles. The van der Waals surface area contributed by atoms with Crippen LogP contribution in [0.5, 0.6) is 17.2 Å². The molecule has 1 aromatic carbocycles. The second-order valence-corrected chi connectivity index (χ2v) is 5.15. The maximum Gasteiger partial charge on any atom is 0.203 e. The standard InChI is InChI=1S/C16H27NO3/c1-13(2)12-17-10-5-6-11-20-16-14(18-3)8-7-9-15(16)19-4/h7-9,13,17H,5-6,10-12H2,1-4H3. The molecule has 0 unspecified atom stereocenters. The van der Waals surface area contributed by atoms with E-state index in [1.54, 1.807) is 14.2 Å². The number of hydrogen-bond donors (Lipinski definition) is 1. The fourth-order valence-corrected chi connectivity index (χ4v) is 1.88. The molecule has 114 valence electrons. The monoisotopic (exact) mass is 281 g/mol. The van der Waals surface area contributed by atoms with Gasteiger partial charge in [0, 0.05) is 0 Å². The Morgan fingerprint density at radius 2 is 1.70 bits per heavy atom. The van der Waals surface area contributed by atoms with E-state index in [0.29, 0.717) is 29.8 Å². The second kappa shape index (κ2) is 9.48. The molecule has 1 N–H and O–H groups in total. The Hall–Kier alpha value is -1.42. The number of ether oxygens (including phenoxy) is 3. The van der Waals surface area contributed by atoms with Crippen LogP contribution in [0.1, 0.15) is 26.7 Å². The molecule has 0 radical (unpaired) electrons. The van der Waals surface area contributed by atoms with Crippen molar-refractivity contribution in [1.82, 2.24) is 5.32 Å². The SMILES string of the molecule is COc1cccc(OC)c1OCCCCNCC(C)C. The van der Waals surface area contributed by atoms with Crippen LogP contribution in [0, 0.1) is 5.92 Å². The normalized spacial score (nSPS) is 10.7. The van der Waals surface area contributed by atoms with Crippen molar-refractivity contribution in [1.29, 1.82) is 0 Å². The zero-order valence-corrected chi connectivity index (χ0v) is 13.1. The van der Waals surface area contributed by atoms with E-state index < -0.39 is 0 Å². The summed E-state index contributed by atoms with van der Waals surface area (Å²) in [6.07, 6.45) is 2.11. The van der Waals surface area contributed by atoms with Crippen LogP contribution in [-0.2, 0) is 0 Å². The van der Waals surface area contributed by atoms with Crippen molar-refractivity contribution in [2.75, 3.05) is 33.9 Å². The van der Waals surface area contributed by atoms with E-state index in [2.05, 4.69) is 19.2 Å². The van der Waals surface area contributed by atoms with Gasteiger partial charge < -0.3 is 19.5 Å². The summed E-state index contributed by atoms with van der Waals surface area (Å²) in [6, 6.07) is 5.64. The summed E-state index contributed by atoms with van der Waals surface area (Å²) in [4.78, 5) is 0. The van der Waals surface area contributed by atoms with Gasteiger partial charge in [-0.25, -0.2) is 0 Å². The molecule has 1 rings (SSSR count). The Bertz CT molecular complexity index is 358. The first-order valence-corrected chi connectivity index (χ1v) is 7.23. The van der Waals surface area contributed by atoms with Gasteiger partial charge >= 0.3 is 0 Å². The fourth-order valence-electron chi connectivity index (χ4n) is 1.88. The van der Waals surface area contributed by atoms with Crippen LogP contribution in [0.25, 0.3) is 0 Å². The van der Waals surface area contributed by atoms with Gasteiger partial charge in [0.25, 0.3) is 0 Å². The van der Waals surface area contributed by atoms with Gasteiger partial charge in [-0.15, -0.1) is 0 Å². The molecule has 0 amide bonds. The van der Waals surface area contributed by atoms with Crippen molar-refractivity contribution >= 4 is 0 Å². The number of hydrogen-bond acceptors (Lipinski definition) is 4.